The summed E-state index contributed by atoms with van der Waals surface area (Å²) in [7, 11) is -0.992. The van der Waals surface area contributed by atoms with E-state index in [0.29, 0.717) is 19.0 Å². The van der Waals surface area contributed by atoms with E-state index in [-0.39, 0.29) is 18.2 Å². The summed E-state index contributed by atoms with van der Waals surface area (Å²) in [5.74, 6) is 0.925. The van der Waals surface area contributed by atoms with Crippen LogP contribution in [-0.2, 0) is 10.0 Å². The van der Waals surface area contributed by atoms with Crippen molar-refractivity contribution in [2.45, 2.75) is 26.2 Å². The highest BCUT2D eigenvalue weighted by Gasteiger charge is 2.26. The van der Waals surface area contributed by atoms with Crippen LogP contribution in [0.2, 0.25) is 0 Å². The average molecular weight is 271 g/mol. The Kier molecular flexibility index (Phi) is 7.55. The Hall–Kier alpha value is 0.160. The third-order valence-electron chi connectivity index (χ3n) is 3.13. The molecule has 1 aliphatic rings. The lowest BCUT2D eigenvalue weighted by molar-refractivity contribution is 0.263. The normalized spacial score (nSPS) is 19.4. The van der Waals surface area contributed by atoms with Gasteiger partial charge in [-0.25, -0.2) is 12.7 Å². The van der Waals surface area contributed by atoms with Gasteiger partial charge >= 0.3 is 0 Å². The molecule has 0 bridgehead atoms. The number of nitrogens with zero attached hydrogens (tertiary/aromatic N) is 1. The van der Waals surface area contributed by atoms with Crippen LogP contribution >= 0.6 is 12.4 Å². The van der Waals surface area contributed by atoms with Crippen molar-refractivity contribution in [2.75, 3.05) is 32.4 Å². The lowest BCUT2D eigenvalue weighted by atomic mass is 9.95. The Morgan fingerprint density at radius 1 is 1.31 bits per heavy atom. The van der Waals surface area contributed by atoms with Crippen LogP contribution in [0.25, 0.3) is 0 Å². The van der Waals surface area contributed by atoms with E-state index in [1.165, 1.54) is 0 Å². The maximum atomic E-state index is 11.6. The highest BCUT2D eigenvalue weighted by Crippen LogP contribution is 2.21. The second kappa shape index (κ2) is 7.48. The third-order valence-corrected chi connectivity index (χ3v) is 5.02. The predicted octanol–water partition coefficient (Wildman–Crippen LogP) is 1.08. The van der Waals surface area contributed by atoms with Crippen molar-refractivity contribution < 1.29 is 8.42 Å². The molecule has 0 unspecified atom stereocenters. The van der Waals surface area contributed by atoms with E-state index in [2.05, 4.69) is 5.32 Å². The molecule has 0 aromatic heterocycles. The van der Waals surface area contributed by atoms with Crippen LogP contribution in [0.5, 0.6) is 0 Å². The maximum absolute atomic E-state index is 11.6. The molecule has 1 rings (SSSR count). The Morgan fingerprint density at radius 2 is 1.88 bits per heavy atom. The molecule has 0 saturated carbocycles. The zero-order valence-corrected chi connectivity index (χ0v) is 11.7. The van der Waals surface area contributed by atoms with E-state index in [1.54, 1.807) is 11.2 Å². The number of halogens is 1. The standard InChI is InChI=1S/C10H22N2O2S.ClH/c1-3-15(13,14)12-8-5-10(6-9-12)4-7-11-2;/h10-11H,3-9H2,1-2H3;1H. The number of hydrogen-bond acceptors (Lipinski definition) is 3. The van der Waals surface area contributed by atoms with Gasteiger partial charge in [-0.05, 0) is 45.7 Å². The third kappa shape index (κ3) is 4.57. The number of rotatable bonds is 5. The highest BCUT2D eigenvalue weighted by atomic mass is 35.5. The summed E-state index contributed by atoms with van der Waals surface area (Å²) >= 11 is 0. The molecule has 98 valence electrons. The molecule has 0 radical (unpaired) electrons. The van der Waals surface area contributed by atoms with E-state index < -0.39 is 10.0 Å². The smallest absolute Gasteiger partial charge is 0.213 e. The summed E-state index contributed by atoms with van der Waals surface area (Å²) in [5.41, 5.74) is 0. The minimum Gasteiger partial charge on any atom is -0.320 e. The number of hydrogen-bond donors (Lipinski definition) is 1. The van der Waals surface area contributed by atoms with Gasteiger partial charge in [-0.2, -0.15) is 0 Å². The Labute approximate surface area is 105 Å². The summed E-state index contributed by atoms with van der Waals surface area (Å²) in [6, 6.07) is 0. The summed E-state index contributed by atoms with van der Waals surface area (Å²) in [6.07, 6.45) is 3.19. The second-order valence-electron chi connectivity index (χ2n) is 4.14. The van der Waals surface area contributed by atoms with Crippen LogP contribution in [0.4, 0.5) is 0 Å². The summed E-state index contributed by atoms with van der Waals surface area (Å²) in [6.45, 7) is 4.17. The van der Waals surface area contributed by atoms with Gasteiger partial charge in [0, 0.05) is 13.1 Å². The number of piperidine rings is 1. The van der Waals surface area contributed by atoms with Crippen molar-refractivity contribution in [2.24, 2.45) is 5.92 Å². The molecular weight excluding hydrogens is 248 g/mol. The van der Waals surface area contributed by atoms with Crippen LogP contribution in [0, 0.1) is 5.92 Å². The fraction of sp³-hybridized carbons (Fsp3) is 1.00. The van der Waals surface area contributed by atoms with Gasteiger partial charge in [0.05, 0.1) is 5.75 Å². The van der Waals surface area contributed by atoms with Gasteiger partial charge in [-0.3, -0.25) is 0 Å². The lowest BCUT2D eigenvalue weighted by Crippen LogP contribution is -2.39. The monoisotopic (exact) mass is 270 g/mol. The van der Waals surface area contributed by atoms with Gasteiger partial charge in [-0.15, -0.1) is 12.4 Å². The molecule has 6 heteroatoms. The molecule has 1 saturated heterocycles. The van der Waals surface area contributed by atoms with Crippen LogP contribution < -0.4 is 5.32 Å². The largest absolute Gasteiger partial charge is 0.320 e. The van der Waals surface area contributed by atoms with Crippen molar-refractivity contribution in [1.82, 2.24) is 9.62 Å². The quantitative estimate of drug-likeness (QED) is 0.813. The maximum Gasteiger partial charge on any atom is 0.213 e. The van der Waals surface area contributed by atoms with Crippen molar-refractivity contribution in [3.63, 3.8) is 0 Å². The van der Waals surface area contributed by atoms with Crippen LogP contribution in [-0.4, -0.2) is 45.2 Å². The first-order chi connectivity index (χ1) is 7.10. The lowest BCUT2D eigenvalue weighted by Gasteiger charge is -2.30. The van der Waals surface area contributed by atoms with Gasteiger partial charge in [0.2, 0.25) is 10.0 Å². The van der Waals surface area contributed by atoms with E-state index >= 15 is 0 Å². The van der Waals surface area contributed by atoms with Gasteiger partial charge in [0.15, 0.2) is 0 Å². The topological polar surface area (TPSA) is 49.4 Å². The molecule has 0 spiro atoms. The SMILES string of the molecule is CCS(=O)(=O)N1CCC(CCNC)CC1.Cl. The van der Waals surface area contributed by atoms with Crippen molar-refractivity contribution >= 4 is 22.4 Å². The van der Waals surface area contributed by atoms with Crippen LogP contribution in [0.3, 0.4) is 0 Å². The Morgan fingerprint density at radius 3 is 2.31 bits per heavy atom. The molecule has 0 aliphatic carbocycles. The fourth-order valence-electron chi connectivity index (χ4n) is 2.01. The molecule has 4 nitrogen and oxygen atoms in total. The highest BCUT2D eigenvalue weighted by molar-refractivity contribution is 7.89. The minimum atomic E-state index is -2.95. The Bertz CT molecular complexity index is 275. The molecule has 0 atom stereocenters. The van der Waals surface area contributed by atoms with E-state index in [4.69, 9.17) is 0 Å². The first-order valence-corrected chi connectivity index (χ1v) is 7.33. The van der Waals surface area contributed by atoms with Crippen LogP contribution in [0.15, 0.2) is 0 Å². The van der Waals surface area contributed by atoms with Gasteiger partial charge in [-0.1, -0.05) is 0 Å². The number of sulfonamides is 1. The molecule has 0 aromatic carbocycles. The molecule has 0 aromatic rings. The predicted molar refractivity (Wildman–Crippen MR) is 69.5 cm³/mol. The molecular formula is C10H23ClN2O2S. The van der Waals surface area contributed by atoms with E-state index in [9.17, 15) is 8.42 Å². The summed E-state index contributed by atoms with van der Waals surface area (Å²) < 4.78 is 24.8. The van der Waals surface area contributed by atoms with Gasteiger partial charge < -0.3 is 5.32 Å². The number of nitrogens with one attached hydrogen (secondary N) is 1. The summed E-state index contributed by atoms with van der Waals surface area (Å²) in [5, 5.41) is 3.14. The first-order valence-electron chi connectivity index (χ1n) is 5.72. The van der Waals surface area contributed by atoms with Crippen molar-refractivity contribution in [1.29, 1.82) is 0 Å². The minimum absolute atomic E-state index is 0. The molecule has 16 heavy (non-hydrogen) atoms. The fourth-order valence-corrected chi connectivity index (χ4v) is 3.14. The van der Waals surface area contributed by atoms with E-state index in [1.807, 2.05) is 7.05 Å². The van der Waals surface area contributed by atoms with Crippen LogP contribution in [0.1, 0.15) is 26.2 Å². The van der Waals surface area contributed by atoms with Crippen molar-refractivity contribution in [3.05, 3.63) is 0 Å². The van der Waals surface area contributed by atoms with Crippen molar-refractivity contribution in [3.8, 4) is 0 Å². The summed E-state index contributed by atoms with van der Waals surface area (Å²) in [4.78, 5) is 0. The molecule has 1 fully saturated rings. The molecule has 1 N–H and O–H groups in total. The van der Waals surface area contributed by atoms with E-state index in [0.717, 1.165) is 25.8 Å². The molecule has 0 amide bonds. The molecule has 1 heterocycles. The first kappa shape index (κ1) is 16.2. The Balaban J connectivity index is 0.00000225. The van der Waals surface area contributed by atoms with Gasteiger partial charge in [0.25, 0.3) is 0 Å². The average Bonchev–Trinajstić information content (AvgIpc) is 2.27. The zero-order valence-electron chi connectivity index (χ0n) is 10.1. The second-order valence-corrected chi connectivity index (χ2v) is 6.39. The van der Waals surface area contributed by atoms with Gasteiger partial charge in [0.1, 0.15) is 0 Å². The molecule has 1 aliphatic heterocycles. The zero-order chi connectivity index (χ0) is 11.3.